The molecule has 0 saturated carbocycles. The Labute approximate surface area is 105 Å². The van der Waals surface area contributed by atoms with Crippen molar-refractivity contribution in [3.8, 4) is 0 Å². The lowest BCUT2D eigenvalue weighted by Gasteiger charge is -2.16. The van der Waals surface area contributed by atoms with Gasteiger partial charge in [-0.25, -0.2) is 0 Å². The van der Waals surface area contributed by atoms with Crippen molar-refractivity contribution in [2.45, 2.75) is 13.0 Å². The second-order valence-corrected chi connectivity index (χ2v) is 4.44. The molecule has 1 aromatic heterocycles. The van der Waals surface area contributed by atoms with Crippen LogP contribution in [0.15, 0.2) is 22.8 Å². The van der Waals surface area contributed by atoms with Crippen LogP contribution in [0.4, 0.5) is 0 Å². The van der Waals surface area contributed by atoms with Gasteiger partial charge in [0.1, 0.15) is 0 Å². The van der Waals surface area contributed by atoms with Crippen LogP contribution in [0.25, 0.3) is 0 Å². The van der Waals surface area contributed by atoms with Gasteiger partial charge in [0.05, 0.1) is 12.3 Å². The minimum Gasteiger partial charge on any atom is -0.459 e. The molecule has 2 rings (SSSR count). The number of hydrogen-bond acceptors (Lipinski definition) is 4. The maximum absolute atomic E-state index is 12.0. The van der Waals surface area contributed by atoms with Crippen LogP contribution >= 0.6 is 0 Å². The van der Waals surface area contributed by atoms with Gasteiger partial charge in [0.25, 0.3) is 5.91 Å². The van der Waals surface area contributed by atoms with E-state index in [4.69, 9.17) is 4.42 Å². The van der Waals surface area contributed by atoms with Crippen molar-refractivity contribution in [1.82, 2.24) is 10.2 Å². The van der Waals surface area contributed by atoms with E-state index >= 15 is 0 Å². The average Bonchev–Trinajstić information content (AvgIpc) is 2.95. The molecule has 0 aromatic carbocycles. The SMILES string of the molecule is CC(=O)N[C@@H]1CN(C(=O)c2ccco2)C[C@H]1CO. The predicted molar refractivity (Wildman–Crippen MR) is 62.8 cm³/mol. The summed E-state index contributed by atoms with van der Waals surface area (Å²) in [6.07, 6.45) is 1.44. The van der Waals surface area contributed by atoms with Crippen molar-refractivity contribution >= 4 is 11.8 Å². The molecule has 6 nitrogen and oxygen atoms in total. The van der Waals surface area contributed by atoms with Crippen molar-refractivity contribution in [2.24, 2.45) is 5.92 Å². The Morgan fingerprint density at radius 3 is 2.89 bits per heavy atom. The molecule has 2 heterocycles. The van der Waals surface area contributed by atoms with E-state index in [9.17, 15) is 14.7 Å². The zero-order valence-corrected chi connectivity index (χ0v) is 10.1. The second kappa shape index (κ2) is 5.22. The number of aliphatic hydroxyl groups is 1. The van der Waals surface area contributed by atoms with Gasteiger partial charge >= 0.3 is 0 Å². The monoisotopic (exact) mass is 252 g/mol. The number of rotatable bonds is 3. The first-order chi connectivity index (χ1) is 8.61. The molecular weight excluding hydrogens is 236 g/mol. The van der Waals surface area contributed by atoms with E-state index in [2.05, 4.69) is 5.32 Å². The van der Waals surface area contributed by atoms with Gasteiger partial charge in [-0.3, -0.25) is 9.59 Å². The minimum atomic E-state index is -0.216. The molecule has 0 aliphatic carbocycles. The van der Waals surface area contributed by atoms with Crippen molar-refractivity contribution < 1.29 is 19.1 Å². The van der Waals surface area contributed by atoms with E-state index < -0.39 is 0 Å². The molecule has 2 N–H and O–H groups in total. The van der Waals surface area contributed by atoms with Crippen LogP contribution in [0.5, 0.6) is 0 Å². The van der Waals surface area contributed by atoms with Crippen molar-refractivity contribution in [2.75, 3.05) is 19.7 Å². The van der Waals surface area contributed by atoms with Gasteiger partial charge in [-0.2, -0.15) is 0 Å². The van der Waals surface area contributed by atoms with E-state index in [0.29, 0.717) is 13.1 Å². The fourth-order valence-electron chi connectivity index (χ4n) is 2.20. The van der Waals surface area contributed by atoms with Crippen LogP contribution < -0.4 is 5.32 Å². The number of amides is 2. The van der Waals surface area contributed by atoms with Gasteiger partial charge < -0.3 is 19.7 Å². The third kappa shape index (κ3) is 2.53. The molecule has 0 bridgehead atoms. The summed E-state index contributed by atoms with van der Waals surface area (Å²) >= 11 is 0. The maximum Gasteiger partial charge on any atom is 0.289 e. The number of furan rings is 1. The highest BCUT2D eigenvalue weighted by Gasteiger charge is 2.36. The summed E-state index contributed by atoms with van der Waals surface area (Å²) in [5.41, 5.74) is 0. The smallest absolute Gasteiger partial charge is 0.289 e. The van der Waals surface area contributed by atoms with Crippen LogP contribution in [0.1, 0.15) is 17.5 Å². The van der Waals surface area contributed by atoms with E-state index in [1.807, 2.05) is 0 Å². The molecular formula is C12H16N2O4. The topological polar surface area (TPSA) is 82.8 Å². The summed E-state index contributed by atoms with van der Waals surface area (Å²) in [5.74, 6) is -0.236. The van der Waals surface area contributed by atoms with Gasteiger partial charge in [-0.05, 0) is 12.1 Å². The highest BCUT2D eigenvalue weighted by atomic mass is 16.3. The lowest BCUT2D eigenvalue weighted by atomic mass is 10.1. The van der Waals surface area contributed by atoms with Gasteiger partial charge in [-0.1, -0.05) is 0 Å². The van der Waals surface area contributed by atoms with Gasteiger partial charge in [0.15, 0.2) is 5.76 Å². The number of aliphatic hydroxyl groups excluding tert-OH is 1. The van der Waals surface area contributed by atoms with Crippen LogP contribution in [0, 0.1) is 5.92 Å². The molecule has 1 aromatic rings. The van der Waals surface area contributed by atoms with Crippen molar-refractivity contribution in [1.29, 1.82) is 0 Å². The second-order valence-electron chi connectivity index (χ2n) is 4.44. The molecule has 1 aliphatic heterocycles. The molecule has 0 unspecified atom stereocenters. The normalized spacial score (nSPS) is 23.1. The Balaban J connectivity index is 2.04. The third-order valence-corrected chi connectivity index (χ3v) is 3.08. The Morgan fingerprint density at radius 1 is 1.56 bits per heavy atom. The van der Waals surface area contributed by atoms with Crippen LogP contribution in [0.3, 0.4) is 0 Å². The van der Waals surface area contributed by atoms with Gasteiger partial charge in [0.2, 0.25) is 5.91 Å². The Hall–Kier alpha value is -1.82. The summed E-state index contributed by atoms with van der Waals surface area (Å²) in [7, 11) is 0. The Bertz CT molecular complexity index is 429. The van der Waals surface area contributed by atoms with Crippen molar-refractivity contribution in [3.63, 3.8) is 0 Å². The van der Waals surface area contributed by atoms with Crippen molar-refractivity contribution in [3.05, 3.63) is 24.2 Å². The highest BCUT2D eigenvalue weighted by molar-refractivity contribution is 5.91. The number of carbonyl (C=O) groups excluding carboxylic acids is 2. The van der Waals surface area contributed by atoms with E-state index in [1.165, 1.54) is 13.2 Å². The largest absolute Gasteiger partial charge is 0.459 e. The molecule has 0 radical (unpaired) electrons. The highest BCUT2D eigenvalue weighted by Crippen LogP contribution is 2.19. The lowest BCUT2D eigenvalue weighted by Crippen LogP contribution is -2.40. The summed E-state index contributed by atoms with van der Waals surface area (Å²) in [6.45, 7) is 2.17. The molecule has 1 fully saturated rings. The van der Waals surface area contributed by atoms with E-state index in [1.54, 1.807) is 17.0 Å². The van der Waals surface area contributed by atoms with Crippen LogP contribution in [-0.4, -0.2) is 47.6 Å². The summed E-state index contributed by atoms with van der Waals surface area (Å²) in [4.78, 5) is 24.7. The van der Waals surface area contributed by atoms with E-state index in [-0.39, 0.29) is 36.1 Å². The molecule has 98 valence electrons. The fourth-order valence-corrected chi connectivity index (χ4v) is 2.20. The number of nitrogens with one attached hydrogen (secondary N) is 1. The Kier molecular flexibility index (Phi) is 3.66. The minimum absolute atomic E-state index is 0.0626. The van der Waals surface area contributed by atoms with Crippen LogP contribution in [-0.2, 0) is 4.79 Å². The molecule has 2 atom stereocenters. The van der Waals surface area contributed by atoms with Gasteiger partial charge in [-0.15, -0.1) is 0 Å². The number of hydrogen-bond donors (Lipinski definition) is 2. The first-order valence-corrected chi connectivity index (χ1v) is 5.82. The molecule has 2 amide bonds. The molecule has 6 heteroatoms. The first-order valence-electron chi connectivity index (χ1n) is 5.82. The van der Waals surface area contributed by atoms with E-state index in [0.717, 1.165) is 0 Å². The molecule has 1 aliphatic rings. The molecule has 18 heavy (non-hydrogen) atoms. The maximum atomic E-state index is 12.0. The zero-order chi connectivity index (χ0) is 13.1. The number of nitrogens with zero attached hydrogens (tertiary/aromatic N) is 1. The van der Waals surface area contributed by atoms with Crippen LogP contribution in [0.2, 0.25) is 0 Å². The standard InChI is InChI=1S/C12H16N2O4/c1-8(16)13-10-6-14(5-9(10)7-15)12(17)11-3-2-4-18-11/h2-4,9-10,15H,5-7H2,1H3,(H,13,16)/t9-,10+/m0/s1. The third-order valence-electron chi connectivity index (χ3n) is 3.08. The molecule has 1 saturated heterocycles. The summed E-state index contributed by atoms with van der Waals surface area (Å²) in [6, 6.07) is 3.05. The fraction of sp³-hybridized carbons (Fsp3) is 0.500. The Morgan fingerprint density at radius 2 is 2.33 bits per heavy atom. The summed E-state index contributed by atoms with van der Waals surface area (Å²) in [5, 5.41) is 12.0. The summed E-state index contributed by atoms with van der Waals surface area (Å²) < 4.78 is 5.05. The first kappa shape index (κ1) is 12.6. The number of likely N-dealkylation sites (tertiary alicyclic amines) is 1. The predicted octanol–water partition coefficient (Wildman–Crippen LogP) is -0.151. The molecule has 0 spiro atoms. The average molecular weight is 252 g/mol. The lowest BCUT2D eigenvalue weighted by molar-refractivity contribution is -0.119. The number of carbonyl (C=O) groups is 2. The quantitative estimate of drug-likeness (QED) is 0.783. The van der Waals surface area contributed by atoms with Gasteiger partial charge in [0, 0.05) is 32.5 Å². The zero-order valence-electron chi connectivity index (χ0n) is 10.1.